The third-order valence-corrected chi connectivity index (χ3v) is 5.79. The van der Waals surface area contributed by atoms with Gasteiger partial charge >= 0.3 is 5.97 Å². The Labute approximate surface area is 183 Å². The molecular formula is C21H18ClNO4S2. The first-order valence-corrected chi connectivity index (χ1v) is 10.5. The molecule has 8 heteroatoms. The lowest BCUT2D eigenvalue weighted by atomic mass is 10.1. The highest BCUT2D eigenvalue weighted by Gasteiger charge is 2.31. The summed E-state index contributed by atoms with van der Waals surface area (Å²) in [5.74, 6) is -0.450. The molecule has 150 valence electrons. The summed E-state index contributed by atoms with van der Waals surface area (Å²) in [6.07, 6.45) is 2.11. The molecule has 0 spiro atoms. The lowest BCUT2D eigenvalue weighted by Crippen LogP contribution is -2.29. The first-order valence-electron chi connectivity index (χ1n) is 8.87. The van der Waals surface area contributed by atoms with Crippen LogP contribution in [0.25, 0.3) is 6.08 Å². The Morgan fingerprint density at radius 2 is 1.93 bits per heavy atom. The van der Waals surface area contributed by atoms with Crippen molar-refractivity contribution in [1.29, 1.82) is 0 Å². The van der Waals surface area contributed by atoms with Crippen molar-refractivity contribution in [3.63, 3.8) is 0 Å². The van der Waals surface area contributed by atoms with Crippen molar-refractivity contribution in [2.45, 2.75) is 19.4 Å². The predicted molar refractivity (Wildman–Crippen MR) is 119 cm³/mol. The molecule has 2 aromatic carbocycles. The number of thioether (sulfide) groups is 1. The maximum absolute atomic E-state index is 12.7. The predicted octanol–water partition coefficient (Wildman–Crippen LogP) is 4.99. The molecule has 0 atom stereocenters. The monoisotopic (exact) mass is 447 g/mol. The zero-order chi connectivity index (χ0) is 20.8. The molecule has 0 bridgehead atoms. The summed E-state index contributed by atoms with van der Waals surface area (Å²) in [6, 6.07) is 14.9. The number of carboxylic acid groups (broad SMARTS) is 1. The van der Waals surface area contributed by atoms with Crippen LogP contribution in [0.3, 0.4) is 0 Å². The van der Waals surface area contributed by atoms with Crippen LogP contribution in [-0.4, -0.2) is 32.7 Å². The number of hydrogen-bond donors (Lipinski definition) is 1. The number of ether oxygens (including phenoxy) is 1. The van der Waals surface area contributed by atoms with Gasteiger partial charge in [-0.2, -0.15) is 0 Å². The SMILES string of the molecule is O=C(O)CCCN1C(=O)C(=Cc2ccccc2OCc2ccc(Cl)cc2)SC1=S. The van der Waals surface area contributed by atoms with E-state index in [1.165, 1.54) is 16.7 Å². The summed E-state index contributed by atoms with van der Waals surface area (Å²) in [7, 11) is 0. The topological polar surface area (TPSA) is 66.8 Å². The van der Waals surface area contributed by atoms with Crippen molar-refractivity contribution in [1.82, 2.24) is 4.90 Å². The average Bonchev–Trinajstić information content (AvgIpc) is 2.95. The lowest BCUT2D eigenvalue weighted by Gasteiger charge is -2.13. The van der Waals surface area contributed by atoms with Crippen molar-refractivity contribution in [2.75, 3.05) is 6.54 Å². The van der Waals surface area contributed by atoms with Crippen molar-refractivity contribution in [3.05, 3.63) is 69.6 Å². The standard InChI is InChI=1S/C21H18ClNO4S2/c22-16-9-7-14(8-10-16)13-27-17-5-2-1-4-15(17)12-18-20(26)23(21(28)29-18)11-3-6-19(24)25/h1-2,4-5,7-10,12H,3,6,11,13H2,(H,24,25). The number of aliphatic carboxylic acids is 1. The largest absolute Gasteiger partial charge is 0.488 e. The Morgan fingerprint density at radius 3 is 2.66 bits per heavy atom. The van der Waals surface area contributed by atoms with Gasteiger partial charge in [0.2, 0.25) is 0 Å². The number of nitrogens with zero attached hydrogens (tertiary/aromatic N) is 1. The van der Waals surface area contributed by atoms with Crippen LogP contribution in [0.1, 0.15) is 24.0 Å². The highest BCUT2D eigenvalue weighted by atomic mass is 35.5. The minimum absolute atomic E-state index is 0.00250. The average molecular weight is 448 g/mol. The number of halogens is 1. The Kier molecular flexibility index (Phi) is 7.30. The molecule has 5 nitrogen and oxygen atoms in total. The summed E-state index contributed by atoms with van der Waals surface area (Å²) >= 11 is 12.4. The zero-order valence-electron chi connectivity index (χ0n) is 15.3. The normalized spacial score (nSPS) is 15.2. The maximum Gasteiger partial charge on any atom is 0.303 e. The Hall–Kier alpha value is -2.35. The molecule has 3 rings (SSSR count). The Morgan fingerprint density at radius 1 is 1.21 bits per heavy atom. The van der Waals surface area contributed by atoms with E-state index in [2.05, 4.69) is 0 Å². The number of para-hydroxylation sites is 1. The van der Waals surface area contributed by atoms with Crippen LogP contribution in [0, 0.1) is 0 Å². The fourth-order valence-corrected chi connectivity index (χ4v) is 4.12. The van der Waals surface area contributed by atoms with Gasteiger partial charge in [-0.25, -0.2) is 0 Å². The third-order valence-electron chi connectivity index (χ3n) is 4.16. The highest BCUT2D eigenvalue weighted by Crippen LogP contribution is 2.34. The van der Waals surface area contributed by atoms with Crippen molar-refractivity contribution in [3.8, 4) is 5.75 Å². The molecule has 0 aliphatic carbocycles. The third kappa shape index (κ3) is 5.82. The van der Waals surface area contributed by atoms with E-state index in [4.69, 9.17) is 33.7 Å². The molecule has 1 N–H and O–H groups in total. The van der Waals surface area contributed by atoms with Crippen molar-refractivity contribution in [2.24, 2.45) is 0 Å². The number of carbonyl (C=O) groups excluding carboxylic acids is 1. The molecule has 1 aliphatic heterocycles. The van der Waals surface area contributed by atoms with Crippen LogP contribution >= 0.6 is 35.6 Å². The molecule has 1 saturated heterocycles. The second kappa shape index (κ2) is 9.91. The molecule has 0 saturated carbocycles. The van der Waals surface area contributed by atoms with Gasteiger partial charge in [0, 0.05) is 23.6 Å². The summed E-state index contributed by atoms with van der Waals surface area (Å²) in [6.45, 7) is 0.668. The molecule has 1 heterocycles. The zero-order valence-corrected chi connectivity index (χ0v) is 17.7. The highest BCUT2D eigenvalue weighted by molar-refractivity contribution is 8.26. The molecule has 1 amide bonds. The summed E-state index contributed by atoms with van der Waals surface area (Å²) < 4.78 is 6.37. The number of carboxylic acids is 1. The van der Waals surface area contributed by atoms with Gasteiger partial charge in [-0.1, -0.05) is 65.9 Å². The second-order valence-electron chi connectivity index (χ2n) is 6.28. The quantitative estimate of drug-likeness (QED) is 0.454. The van der Waals surface area contributed by atoms with Crippen LogP contribution in [0.5, 0.6) is 5.75 Å². The fraction of sp³-hybridized carbons (Fsp3) is 0.190. The van der Waals surface area contributed by atoms with Gasteiger partial charge in [0.25, 0.3) is 5.91 Å². The number of amides is 1. The lowest BCUT2D eigenvalue weighted by molar-refractivity contribution is -0.137. The van der Waals surface area contributed by atoms with E-state index in [-0.39, 0.29) is 12.3 Å². The van der Waals surface area contributed by atoms with Crippen LogP contribution in [0.2, 0.25) is 5.02 Å². The smallest absolute Gasteiger partial charge is 0.303 e. The summed E-state index contributed by atoms with van der Waals surface area (Å²) in [5.41, 5.74) is 1.75. The molecule has 2 aromatic rings. The van der Waals surface area contributed by atoms with E-state index >= 15 is 0 Å². The van der Waals surface area contributed by atoms with Crippen molar-refractivity contribution < 1.29 is 19.4 Å². The van der Waals surface area contributed by atoms with Gasteiger partial charge in [0.1, 0.15) is 16.7 Å². The minimum atomic E-state index is -0.891. The van der Waals surface area contributed by atoms with Gasteiger partial charge in [0.15, 0.2) is 0 Å². The van der Waals surface area contributed by atoms with E-state index < -0.39 is 5.97 Å². The first-order chi connectivity index (χ1) is 13.9. The summed E-state index contributed by atoms with van der Waals surface area (Å²) in [5, 5.41) is 9.44. The number of benzene rings is 2. The van der Waals surface area contributed by atoms with Gasteiger partial charge < -0.3 is 9.84 Å². The number of rotatable bonds is 8. The molecule has 0 radical (unpaired) electrons. The van der Waals surface area contributed by atoms with Gasteiger partial charge in [-0.05, 0) is 36.3 Å². The van der Waals surface area contributed by atoms with Gasteiger partial charge in [-0.15, -0.1) is 0 Å². The number of carbonyl (C=O) groups is 2. The molecule has 1 aliphatic rings. The maximum atomic E-state index is 12.7. The van der Waals surface area contributed by atoms with E-state index in [1.807, 2.05) is 48.5 Å². The second-order valence-corrected chi connectivity index (χ2v) is 8.40. The Balaban J connectivity index is 1.71. The van der Waals surface area contributed by atoms with Crippen LogP contribution < -0.4 is 4.74 Å². The van der Waals surface area contributed by atoms with E-state index in [1.54, 1.807) is 6.08 Å². The van der Waals surface area contributed by atoms with Crippen LogP contribution in [0.15, 0.2) is 53.4 Å². The first kappa shape index (κ1) is 21.4. The van der Waals surface area contributed by atoms with Crippen LogP contribution in [-0.2, 0) is 16.2 Å². The van der Waals surface area contributed by atoms with E-state index in [0.717, 1.165) is 11.1 Å². The Bertz CT molecular complexity index is 959. The summed E-state index contributed by atoms with van der Waals surface area (Å²) in [4.78, 5) is 25.3. The number of hydrogen-bond acceptors (Lipinski definition) is 5. The minimum Gasteiger partial charge on any atom is -0.488 e. The molecule has 1 fully saturated rings. The van der Waals surface area contributed by atoms with Crippen LogP contribution in [0.4, 0.5) is 0 Å². The fourth-order valence-electron chi connectivity index (χ4n) is 2.70. The van der Waals surface area contributed by atoms with Crippen molar-refractivity contribution >= 4 is 57.9 Å². The molecule has 0 aromatic heterocycles. The number of thiocarbonyl (C=S) groups is 1. The van der Waals surface area contributed by atoms with Gasteiger partial charge in [0.05, 0.1) is 4.91 Å². The molecule has 29 heavy (non-hydrogen) atoms. The van der Waals surface area contributed by atoms with E-state index in [9.17, 15) is 9.59 Å². The molecular weight excluding hydrogens is 430 g/mol. The van der Waals surface area contributed by atoms with E-state index in [0.29, 0.717) is 39.6 Å². The van der Waals surface area contributed by atoms with Gasteiger partial charge in [-0.3, -0.25) is 14.5 Å². The molecule has 0 unspecified atom stereocenters.